The van der Waals surface area contributed by atoms with Gasteiger partial charge < -0.3 is 0 Å². The average Bonchev–Trinajstić information content (AvgIpc) is 3.18. The molecular weight excluding hydrogens is 458 g/mol. The lowest BCUT2D eigenvalue weighted by molar-refractivity contribution is 0.582. The fraction of sp³-hybridized carbons (Fsp3) is 0.0952. The summed E-state index contributed by atoms with van der Waals surface area (Å²) in [4.78, 5) is 3.85. The predicted molar refractivity (Wildman–Crippen MR) is 119 cm³/mol. The van der Waals surface area contributed by atoms with Crippen molar-refractivity contribution in [3.8, 4) is 0 Å². The molecule has 160 valence electrons. The highest BCUT2D eigenvalue weighted by atomic mass is 35.5. The van der Waals surface area contributed by atoms with Crippen molar-refractivity contribution in [2.75, 3.05) is 6.54 Å². The summed E-state index contributed by atoms with van der Waals surface area (Å²) in [6, 6.07) is 16.0. The quantitative estimate of drug-likeness (QED) is 0.441. The molecule has 0 unspecified atom stereocenters. The number of nitrogens with one attached hydrogen (secondary N) is 1. The van der Waals surface area contributed by atoms with Gasteiger partial charge in [0, 0.05) is 30.5 Å². The molecule has 7 nitrogen and oxygen atoms in total. The molecule has 0 saturated carbocycles. The first-order valence-corrected chi connectivity index (χ1v) is 12.6. The summed E-state index contributed by atoms with van der Waals surface area (Å²) >= 11 is 6.30. The third-order valence-electron chi connectivity index (χ3n) is 4.73. The summed E-state index contributed by atoms with van der Waals surface area (Å²) in [7, 11) is -8.07. The van der Waals surface area contributed by atoms with E-state index in [1.165, 1.54) is 24.3 Å². The zero-order valence-electron chi connectivity index (χ0n) is 16.1. The smallest absolute Gasteiger partial charge is 0.264 e. The monoisotopic (exact) mass is 475 g/mol. The maximum absolute atomic E-state index is 13.2. The molecule has 0 bridgehead atoms. The molecule has 0 fully saturated rings. The molecule has 2 aromatic carbocycles. The highest BCUT2D eigenvalue weighted by molar-refractivity contribution is 7.91. The van der Waals surface area contributed by atoms with Crippen molar-refractivity contribution in [2.24, 2.45) is 0 Å². The number of nitrogens with zero attached hydrogens (tertiary/aromatic N) is 2. The lowest BCUT2D eigenvalue weighted by Crippen LogP contribution is -2.26. The Morgan fingerprint density at radius 3 is 2.42 bits per heavy atom. The maximum Gasteiger partial charge on any atom is 0.268 e. The number of rotatable bonds is 7. The molecular formula is C21H18ClN3O4S2. The van der Waals surface area contributed by atoms with E-state index >= 15 is 0 Å². The summed E-state index contributed by atoms with van der Waals surface area (Å²) < 4.78 is 56.0. The Morgan fingerprint density at radius 1 is 0.935 bits per heavy atom. The third-order valence-corrected chi connectivity index (χ3v) is 8.20. The first-order valence-electron chi connectivity index (χ1n) is 9.29. The molecule has 2 aromatic heterocycles. The van der Waals surface area contributed by atoms with Crippen LogP contribution < -0.4 is 4.72 Å². The molecule has 4 rings (SSSR count). The number of halogens is 1. The van der Waals surface area contributed by atoms with Crippen molar-refractivity contribution in [2.45, 2.75) is 16.2 Å². The largest absolute Gasteiger partial charge is 0.268 e. The SMILES string of the molecule is O=S(=O)(NCCc1cccnc1)c1cn(S(=O)(=O)c2ccccc2)c2cccc(Cl)c12. The summed E-state index contributed by atoms with van der Waals surface area (Å²) in [5, 5.41) is 0.296. The van der Waals surface area contributed by atoms with E-state index in [0.29, 0.717) is 6.42 Å². The topological polar surface area (TPSA) is 98.1 Å². The number of aromatic nitrogens is 2. The number of pyridine rings is 1. The minimum absolute atomic E-state index is 0.0420. The predicted octanol–water partition coefficient (Wildman–Crippen LogP) is 3.45. The van der Waals surface area contributed by atoms with Gasteiger partial charge >= 0.3 is 0 Å². The maximum atomic E-state index is 13.2. The summed E-state index contributed by atoms with van der Waals surface area (Å²) in [6.45, 7) is 0.122. The van der Waals surface area contributed by atoms with Crippen molar-refractivity contribution < 1.29 is 16.8 Å². The van der Waals surface area contributed by atoms with Crippen LogP contribution in [0.3, 0.4) is 0 Å². The van der Waals surface area contributed by atoms with Gasteiger partial charge in [-0.1, -0.05) is 41.9 Å². The van der Waals surface area contributed by atoms with Crippen LogP contribution in [0.15, 0.2) is 89.0 Å². The van der Waals surface area contributed by atoms with Crippen molar-refractivity contribution in [1.82, 2.24) is 13.7 Å². The van der Waals surface area contributed by atoms with Crippen molar-refractivity contribution in [3.63, 3.8) is 0 Å². The molecule has 10 heteroatoms. The minimum Gasteiger partial charge on any atom is -0.264 e. The first kappa shape index (κ1) is 21.5. The van der Waals surface area contributed by atoms with Crippen LogP contribution in [-0.2, 0) is 26.5 Å². The molecule has 0 saturated heterocycles. The Kier molecular flexibility index (Phi) is 5.85. The summed E-state index contributed by atoms with van der Waals surface area (Å²) in [5.41, 5.74) is 1.06. The second-order valence-electron chi connectivity index (χ2n) is 6.75. The van der Waals surface area contributed by atoms with Crippen LogP contribution >= 0.6 is 11.6 Å². The van der Waals surface area contributed by atoms with Crippen LogP contribution in [0.5, 0.6) is 0 Å². The standard InChI is InChI=1S/C21H18ClN3O4S2/c22-18-9-4-10-19-21(18)20(15-25(19)31(28,29)17-7-2-1-3-8-17)30(26,27)24-13-11-16-6-5-12-23-14-16/h1-10,12,14-15,24H,11,13H2. The number of sulfonamides is 1. The van der Waals surface area contributed by atoms with Crippen LogP contribution in [0.4, 0.5) is 0 Å². The zero-order chi connectivity index (χ0) is 22.1. The van der Waals surface area contributed by atoms with Gasteiger partial charge in [0.05, 0.1) is 15.4 Å². The molecule has 0 aliphatic rings. The van der Waals surface area contributed by atoms with Crippen molar-refractivity contribution >= 4 is 42.6 Å². The molecule has 0 aliphatic carbocycles. The van der Waals surface area contributed by atoms with E-state index in [1.54, 1.807) is 42.7 Å². The fourth-order valence-corrected chi connectivity index (χ4v) is 6.27. The molecule has 31 heavy (non-hydrogen) atoms. The Morgan fingerprint density at radius 2 is 1.71 bits per heavy atom. The number of benzene rings is 2. The van der Waals surface area contributed by atoms with Crippen LogP contribution in [0, 0.1) is 0 Å². The van der Waals surface area contributed by atoms with E-state index in [2.05, 4.69) is 9.71 Å². The van der Waals surface area contributed by atoms with Gasteiger partial charge in [-0.15, -0.1) is 0 Å². The second-order valence-corrected chi connectivity index (χ2v) is 10.7. The number of hydrogen-bond donors (Lipinski definition) is 1. The molecule has 0 aliphatic heterocycles. The first-order chi connectivity index (χ1) is 14.8. The molecule has 0 radical (unpaired) electrons. The Labute approximate surface area is 185 Å². The van der Waals surface area contributed by atoms with Crippen molar-refractivity contribution in [1.29, 1.82) is 0 Å². The summed E-state index contributed by atoms with van der Waals surface area (Å²) in [6.07, 6.45) is 4.83. The van der Waals surface area contributed by atoms with Gasteiger partial charge in [-0.25, -0.2) is 25.5 Å². The Balaban J connectivity index is 1.76. The van der Waals surface area contributed by atoms with Gasteiger partial charge in [0.15, 0.2) is 0 Å². The van der Waals surface area contributed by atoms with Crippen LogP contribution in [-0.4, -0.2) is 32.3 Å². The normalized spacial score (nSPS) is 12.3. The van der Waals surface area contributed by atoms with E-state index in [4.69, 9.17) is 11.6 Å². The van der Waals surface area contributed by atoms with Gasteiger partial charge in [0.2, 0.25) is 10.0 Å². The number of fused-ring (bicyclic) bond motifs is 1. The van der Waals surface area contributed by atoms with E-state index in [9.17, 15) is 16.8 Å². The molecule has 2 heterocycles. The molecule has 4 aromatic rings. The van der Waals surface area contributed by atoms with Gasteiger partial charge in [-0.2, -0.15) is 0 Å². The van der Waals surface area contributed by atoms with E-state index in [-0.39, 0.29) is 32.3 Å². The van der Waals surface area contributed by atoms with Crippen LogP contribution in [0.2, 0.25) is 5.02 Å². The second kappa shape index (κ2) is 8.43. The molecule has 0 spiro atoms. The van der Waals surface area contributed by atoms with Crippen LogP contribution in [0.25, 0.3) is 10.9 Å². The Bertz CT molecular complexity index is 1440. The van der Waals surface area contributed by atoms with Crippen molar-refractivity contribution in [3.05, 3.63) is 89.8 Å². The average molecular weight is 476 g/mol. The van der Waals surface area contributed by atoms with Gasteiger partial charge in [-0.05, 0) is 42.3 Å². The van der Waals surface area contributed by atoms with E-state index < -0.39 is 20.0 Å². The highest BCUT2D eigenvalue weighted by Crippen LogP contribution is 2.33. The van der Waals surface area contributed by atoms with Crippen LogP contribution in [0.1, 0.15) is 5.56 Å². The highest BCUT2D eigenvalue weighted by Gasteiger charge is 2.27. The van der Waals surface area contributed by atoms with E-state index in [0.717, 1.165) is 15.7 Å². The fourth-order valence-electron chi connectivity index (χ4n) is 3.24. The molecule has 1 N–H and O–H groups in total. The molecule has 0 atom stereocenters. The number of hydrogen-bond acceptors (Lipinski definition) is 5. The summed E-state index contributed by atoms with van der Waals surface area (Å²) in [5.74, 6) is 0. The lowest BCUT2D eigenvalue weighted by atomic mass is 10.2. The van der Waals surface area contributed by atoms with Gasteiger partial charge in [0.25, 0.3) is 10.0 Å². The van der Waals surface area contributed by atoms with Gasteiger partial charge in [0.1, 0.15) is 4.90 Å². The third kappa shape index (κ3) is 4.22. The zero-order valence-corrected chi connectivity index (χ0v) is 18.5. The van der Waals surface area contributed by atoms with Gasteiger partial charge in [-0.3, -0.25) is 4.98 Å². The Hall–Kier alpha value is -2.72. The van der Waals surface area contributed by atoms with E-state index in [1.807, 2.05) is 6.07 Å². The minimum atomic E-state index is -4.04. The lowest BCUT2D eigenvalue weighted by Gasteiger charge is -2.07. The molecule has 0 amide bonds.